The molecule has 0 atom stereocenters. The minimum Gasteiger partial charge on any atom is -0.496 e. The Morgan fingerprint density at radius 1 is 0.971 bits per heavy atom. The number of allylic oxidation sites excluding steroid dienone is 2. The Morgan fingerprint density at radius 3 is 2.62 bits per heavy atom. The van der Waals surface area contributed by atoms with E-state index < -0.39 is 0 Å². The predicted molar refractivity (Wildman–Crippen MR) is 133 cm³/mol. The topological polar surface area (TPSA) is 81.3 Å². The monoisotopic (exact) mass is 452 g/mol. The minimum absolute atomic E-state index is 0.212. The molecule has 2 aromatic carbocycles. The summed E-state index contributed by atoms with van der Waals surface area (Å²) in [6.07, 6.45) is 9.53. The number of pyridine rings is 1. The van der Waals surface area contributed by atoms with E-state index in [1.807, 2.05) is 48.7 Å². The number of rotatable bonds is 10. The zero-order chi connectivity index (χ0) is 23.8. The molecular formula is C28H24N2O4. The molecule has 0 aliphatic rings. The van der Waals surface area contributed by atoms with Crippen LogP contribution in [-0.4, -0.2) is 28.6 Å². The number of methoxy groups -OCH3 is 1. The van der Waals surface area contributed by atoms with Crippen molar-refractivity contribution in [3.8, 4) is 11.5 Å². The van der Waals surface area contributed by atoms with Crippen LogP contribution in [0.15, 0.2) is 85.2 Å². The van der Waals surface area contributed by atoms with Crippen molar-refractivity contribution in [1.82, 2.24) is 9.97 Å². The van der Waals surface area contributed by atoms with Crippen molar-refractivity contribution in [2.24, 2.45) is 0 Å². The van der Waals surface area contributed by atoms with Crippen molar-refractivity contribution in [2.75, 3.05) is 7.11 Å². The number of hydrogen-bond acceptors (Lipinski definition) is 5. The van der Waals surface area contributed by atoms with Crippen LogP contribution in [0.5, 0.6) is 11.5 Å². The predicted octanol–water partition coefficient (Wildman–Crippen LogP) is 5.41. The molecule has 0 aliphatic heterocycles. The van der Waals surface area contributed by atoms with Gasteiger partial charge >= 0.3 is 0 Å². The lowest BCUT2D eigenvalue weighted by Crippen LogP contribution is -2.02. The fourth-order valence-corrected chi connectivity index (χ4v) is 3.40. The second-order valence-electron chi connectivity index (χ2n) is 7.61. The van der Waals surface area contributed by atoms with Gasteiger partial charge in [-0.2, -0.15) is 0 Å². The van der Waals surface area contributed by atoms with Gasteiger partial charge in [0.05, 0.1) is 19.2 Å². The maximum absolute atomic E-state index is 12.3. The third kappa shape index (κ3) is 6.07. The van der Waals surface area contributed by atoms with E-state index in [-0.39, 0.29) is 18.0 Å². The highest BCUT2D eigenvalue weighted by atomic mass is 16.5. The Balaban J connectivity index is 1.36. The Kier molecular flexibility index (Phi) is 7.30. The maximum Gasteiger partial charge on any atom is 0.163 e. The summed E-state index contributed by atoms with van der Waals surface area (Å²) in [5.74, 6) is 0.661. The Morgan fingerprint density at radius 2 is 1.82 bits per heavy atom. The number of nitrogens with one attached hydrogen (secondary N) is 1. The normalized spacial score (nSPS) is 11.3. The number of carbonyl (C=O) groups excluding carboxylic acids is 2. The first-order valence-electron chi connectivity index (χ1n) is 10.8. The maximum atomic E-state index is 12.3. The molecule has 34 heavy (non-hydrogen) atoms. The first-order valence-corrected chi connectivity index (χ1v) is 10.8. The molecule has 4 rings (SSSR count). The SMILES string of the molecule is COc1ccc(OCc2ccccn2)cc1C=CC(=O)CC(=O)C=Cc1ccc2cc[nH]c2c1. The van der Waals surface area contributed by atoms with E-state index in [1.54, 1.807) is 43.7 Å². The first kappa shape index (κ1) is 22.7. The molecule has 0 radical (unpaired) electrons. The molecule has 6 nitrogen and oxygen atoms in total. The largest absolute Gasteiger partial charge is 0.496 e. The summed E-state index contributed by atoms with van der Waals surface area (Å²) in [5, 5.41) is 1.10. The van der Waals surface area contributed by atoms with Crippen LogP contribution in [0.25, 0.3) is 23.1 Å². The second-order valence-corrected chi connectivity index (χ2v) is 7.61. The van der Waals surface area contributed by atoms with Gasteiger partial charge in [0, 0.05) is 23.5 Å². The number of aromatic amines is 1. The van der Waals surface area contributed by atoms with Gasteiger partial charge in [-0.15, -0.1) is 0 Å². The van der Waals surface area contributed by atoms with Gasteiger partial charge in [-0.1, -0.05) is 24.3 Å². The van der Waals surface area contributed by atoms with E-state index in [0.717, 1.165) is 22.2 Å². The molecule has 4 aromatic rings. The summed E-state index contributed by atoms with van der Waals surface area (Å²) in [6, 6.07) is 18.8. The van der Waals surface area contributed by atoms with Crippen LogP contribution in [0.4, 0.5) is 0 Å². The van der Waals surface area contributed by atoms with Gasteiger partial charge in [0.15, 0.2) is 11.6 Å². The van der Waals surface area contributed by atoms with Crippen LogP contribution in [-0.2, 0) is 16.2 Å². The summed E-state index contributed by atoms with van der Waals surface area (Å²) >= 11 is 0. The molecule has 0 amide bonds. The number of fused-ring (bicyclic) bond motifs is 1. The highest BCUT2D eigenvalue weighted by Crippen LogP contribution is 2.26. The van der Waals surface area contributed by atoms with E-state index >= 15 is 0 Å². The Bertz CT molecular complexity index is 1350. The van der Waals surface area contributed by atoms with Crippen molar-refractivity contribution in [2.45, 2.75) is 13.0 Å². The number of nitrogens with zero attached hydrogens (tertiary/aromatic N) is 1. The molecule has 0 fully saturated rings. The van der Waals surface area contributed by atoms with Crippen LogP contribution < -0.4 is 9.47 Å². The molecule has 2 aromatic heterocycles. The zero-order valence-electron chi connectivity index (χ0n) is 18.7. The smallest absolute Gasteiger partial charge is 0.163 e. The molecular weight excluding hydrogens is 428 g/mol. The Labute approximate surface area is 197 Å². The van der Waals surface area contributed by atoms with Gasteiger partial charge in [-0.25, -0.2) is 0 Å². The lowest BCUT2D eigenvalue weighted by Gasteiger charge is -2.09. The molecule has 1 N–H and O–H groups in total. The lowest BCUT2D eigenvalue weighted by atomic mass is 10.1. The van der Waals surface area contributed by atoms with Crippen molar-refractivity contribution in [1.29, 1.82) is 0 Å². The van der Waals surface area contributed by atoms with Gasteiger partial charge in [0.1, 0.15) is 18.1 Å². The number of aromatic nitrogens is 2. The van der Waals surface area contributed by atoms with Gasteiger partial charge in [-0.3, -0.25) is 14.6 Å². The molecule has 170 valence electrons. The number of H-pyrrole nitrogens is 1. The quantitative estimate of drug-likeness (QED) is 0.257. The first-order chi connectivity index (χ1) is 16.6. The molecule has 0 saturated carbocycles. The third-order valence-electron chi connectivity index (χ3n) is 5.15. The third-order valence-corrected chi connectivity index (χ3v) is 5.15. The summed E-state index contributed by atoms with van der Waals surface area (Å²) in [7, 11) is 1.56. The van der Waals surface area contributed by atoms with Crippen molar-refractivity contribution in [3.05, 3.63) is 102 Å². The molecule has 0 saturated heterocycles. The number of hydrogen-bond donors (Lipinski definition) is 1. The zero-order valence-corrected chi connectivity index (χ0v) is 18.7. The minimum atomic E-state index is -0.295. The number of ketones is 2. The lowest BCUT2D eigenvalue weighted by molar-refractivity contribution is -0.121. The van der Waals surface area contributed by atoms with Gasteiger partial charge in [0.2, 0.25) is 0 Å². The number of ether oxygens (including phenoxy) is 2. The van der Waals surface area contributed by atoms with Gasteiger partial charge in [-0.05, 0) is 71.6 Å². The van der Waals surface area contributed by atoms with Gasteiger partial charge < -0.3 is 14.5 Å². The van der Waals surface area contributed by atoms with Crippen molar-refractivity contribution >= 4 is 34.6 Å². The van der Waals surface area contributed by atoms with Crippen LogP contribution in [0, 0.1) is 0 Å². The summed E-state index contributed by atoms with van der Waals surface area (Å²) < 4.78 is 11.2. The number of benzene rings is 2. The van der Waals surface area contributed by atoms with E-state index in [2.05, 4.69) is 9.97 Å². The van der Waals surface area contributed by atoms with Crippen LogP contribution in [0.1, 0.15) is 23.2 Å². The highest BCUT2D eigenvalue weighted by molar-refractivity contribution is 6.11. The molecule has 0 bridgehead atoms. The van der Waals surface area contributed by atoms with E-state index in [0.29, 0.717) is 23.7 Å². The number of carbonyl (C=O) groups is 2. The summed E-state index contributed by atoms with van der Waals surface area (Å²) in [6.45, 7) is 0.326. The molecule has 0 spiro atoms. The molecule has 2 heterocycles. The van der Waals surface area contributed by atoms with E-state index in [4.69, 9.17) is 9.47 Å². The van der Waals surface area contributed by atoms with Crippen molar-refractivity contribution in [3.63, 3.8) is 0 Å². The molecule has 6 heteroatoms. The standard InChI is InChI=1S/C28H24N2O4/c1-33-28-12-11-26(34-19-23-4-2-3-14-29-23)17-22(28)8-10-25(32)18-24(31)9-6-20-5-7-21-13-15-30-27(21)16-20/h2-17,30H,18-19H2,1H3. The van der Waals surface area contributed by atoms with Crippen LogP contribution >= 0.6 is 0 Å². The fourth-order valence-electron chi connectivity index (χ4n) is 3.40. The fraction of sp³-hybridized carbons (Fsp3) is 0.107. The van der Waals surface area contributed by atoms with E-state index in [1.165, 1.54) is 12.2 Å². The van der Waals surface area contributed by atoms with E-state index in [9.17, 15) is 9.59 Å². The Hall–Kier alpha value is -4.45. The average Bonchev–Trinajstić information content (AvgIpc) is 3.33. The summed E-state index contributed by atoms with van der Waals surface area (Å²) in [4.78, 5) is 32.0. The highest BCUT2D eigenvalue weighted by Gasteiger charge is 2.07. The average molecular weight is 453 g/mol. The van der Waals surface area contributed by atoms with Crippen LogP contribution in [0.2, 0.25) is 0 Å². The van der Waals surface area contributed by atoms with Crippen molar-refractivity contribution < 1.29 is 19.1 Å². The van der Waals surface area contributed by atoms with Crippen LogP contribution in [0.3, 0.4) is 0 Å². The van der Waals surface area contributed by atoms with Gasteiger partial charge in [0.25, 0.3) is 0 Å². The second kappa shape index (κ2) is 10.9. The molecule has 0 unspecified atom stereocenters. The molecule has 0 aliphatic carbocycles. The summed E-state index contributed by atoms with van der Waals surface area (Å²) in [5.41, 5.74) is 3.37.